The van der Waals surface area contributed by atoms with Crippen LogP contribution < -0.4 is 5.32 Å². The van der Waals surface area contributed by atoms with Crippen molar-refractivity contribution >= 4 is 11.3 Å². The largest absolute Gasteiger partial charge is 0.314 e. The highest BCUT2D eigenvalue weighted by atomic mass is 32.1. The minimum absolute atomic E-state index is 0.707. The van der Waals surface area contributed by atoms with Crippen molar-refractivity contribution in [3.05, 3.63) is 22.4 Å². The maximum Gasteiger partial charge on any atom is 0.00671 e. The average molecular weight is 237 g/mol. The van der Waals surface area contributed by atoms with E-state index in [4.69, 9.17) is 0 Å². The Hall–Kier alpha value is -0.340. The first-order valence-corrected chi connectivity index (χ1v) is 7.55. The van der Waals surface area contributed by atoms with Crippen molar-refractivity contribution in [1.82, 2.24) is 5.32 Å². The second kappa shape index (κ2) is 6.41. The zero-order valence-corrected chi connectivity index (χ0v) is 11.1. The number of hydrogen-bond acceptors (Lipinski definition) is 2. The molecule has 1 N–H and O–H groups in total. The van der Waals surface area contributed by atoms with E-state index >= 15 is 0 Å². The van der Waals surface area contributed by atoms with E-state index in [-0.39, 0.29) is 0 Å². The van der Waals surface area contributed by atoms with Crippen molar-refractivity contribution in [2.24, 2.45) is 5.92 Å². The van der Waals surface area contributed by atoms with Gasteiger partial charge >= 0.3 is 0 Å². The molecule has 1 aromatic heterocycles. The average Bonchev–Trinajstić information content (AvgIpc) is 2.83. The molecule has 0 spiro atoms. The predicted molar refractivity (Wildman–Crippen MR) is 72.1 cm³/mol. The van der Waals surface area contributed by atoms with Crippen LogP contribution in [-0.4, -0.2) is 12.6 Å². The SMILES string of the molecule is C[C@H](NCCc1ccsc1)C1CCCCC1. The monoisotopic (exact) mass is 237 g/mol. The van der Waals surface area contributed by atoms with E-state index in [0.29, 0.717) is 6.04 Å². The lowest BCUT2D eigenvalue weighted by Crippen LogP contribution is -2.35. The van der Waals surface area contributed by atoms with Gasteiger partial charge in [-0.25, -0.2) is 0 Å². The molecule has 1 aliphatic rings. The van der Waals surface area contributed by atoms with E-state index in [1.807, 2.05) is 0 Å². The second-order valence-electron chi connectivity index (χ2n) is 5.02. The molecule has 1 atom stereocenters. The summed E-state index contributed by atoms with van der Waals surface area (Å²) in [5.74, 6) is 0.927. The first-order chi connectivity index (χ1) is 7.86. The van der Waals surface area contributed by atoms with E-state index < -0.39 is 0 Å². The molecule has 0 aromatic carbocycles. The summed E-state index contributed by atoms with van der Waals surface area (Å²) < 4.78 is 0. The van der Waals surface area contributed by atoms with Gasteiger partial charge in [-0.1, -0.05) is 19.3 Å². The van der Waals surface area contributed by atoms with Crippen LogP contribution >= 0.6 is 11.3 Å². The summed E-state index contributed by atoms with van der Waals surface area (Å²) in [5.41, 5.74) is 1.48. The van der Waals surface area contributed by atoms with Gasteiger partial charge in [0.1, 0.15) is 0 Å². The molecule has 0 unspecified atom stereocenters. The molecular formula is C14H23NS. The maximum atomic E-state index is 3.70. The zero-order valence-electron chi connectivity index (χ0n) is 10.2. The van der Waals surface area contributed by atoms with Crippen molar-refractivity contribution in [2.75, 3.05) is 6.54 Å². The molecule has 1 nitrogen and oxygen atoms in total. The lowest BCUT2D eigenvalue weighted by Gasteiger charge is -2.28. The molecule has 0 aliphatic heterocycles. The van der Waals surface area contributed by atoms with Crippen molar-refractivity contribution in [3.63, 3.8) is 0 Å². The lowest BCUT2D eigenvalue weighted by molar-refractivity contribution is 0.283. The Morgan fingerprint density at radius 2 is 2.19 bits per heavy atom. The zero-order chi connectivity index (χ0) is 11.2. The van der Waals surface area contributed by atoms with Gasteiger partial charge in [-0.3, -0.25) is 0 Å². The minimum atomic E-state index is 0.707. The van der Waals surface area contributed by atoms with Gasteiger partial charge in [0, 0.05) is 6.04 Å². The molecule has 1 saturated carbocycles. The summed E-state index contributed by atoms with van der Waals surface area (Å²) in [6.45, 7) is 3.50. The van der Waals surface area contributed by atoms with Crippen LogP contribution in [0.25, 0.3) is 0 Å². The molecule has 1 aliphatic carbocycles. The second-order valence-corrected chi connectivity index (χ2v) is 5.80. The Morgan fingerprint density at radius 1 is 1.38 bits per heavy atom. The fourth-order valence-electron chi connectivity index (χ4n) is 2.68. The van der Waals surface area contributed by atoms with E-state index in [1.165, 1.54) is 44.1 Å². The maximum absolute atomic E-state index is 3.70. The third-order valence-electron chi connectivity index (χ3n) is 3.82. The fourth-order valence-corrected chi connectivity index (χ4v) is 3.38. The van der Waals surface area contributed by atoms with Gasteiger partial charge in [-0.2, -0.15) is 11.3 Å². The smallest absolute Gasteiger partial charge is 0.00671 e. The minimum Gasteiger partial charge on any atom is -0.314 e. The Morgan fingerprint density at radius 3 is 2.88 bits per heavy atom. The molecular weight excluding hydrogens is 214 g/mol. The van der Waals surface area contributed by atoms with Crippen LogP contribution in [0.15, 0.2) is 16.8 Å². The molecule has 0 amide bonds. The van der Waals surface area contributed by atoms with Crippen molar-refractivity contribution in [3.8, 4) is 0 Å². The van der Waals surface area contributed by atoms with Crippen LogP contribution in [0.4, 0.5) is 0 Å². The topological polar surface area (TPSA) is 12.0 Å². The molecule has 1 heterocycles. The molecule has 1 aromatic rings. The van der Waals surface area contributed by atoms with Crippen molar-refractivity contribution < 1.29 is 0 Å². The molecule has 1 fully saturated rings. The normalized spacial score (nSPS) is 19.8. The standard InChI is InChI=1S/C14H23NS/c1-12(14-5-3-2-4-6-14)15-9-7-13-8-10-16-11-13/h8,10-12,14-15H,2-7,9H2,1H3/t12-/m0/s1. The molecule has 90 valence electrons. The summed E-state index contributed by atoms with van der Waals surface area (Å²) >= 11 is 1.80. The van der Waals surface area contributed by atoms with Crippen LogP contribution in [0.2, 0.25) is 0 Å². The van der Waals surface area contributed by atoms with E-state index in [1.54, 1.807) is 11.3 Å². The van der Waals surface area contributed by atoms with Crippen LogP contribution in [0.3, 0.4) is 0 Å². The first-order valence-electron chi connectivity index (χ1n) is 6.61. The number of thiophene rings is 1. The summed E-state index contributed by atoms with van der Waals surface area (Å²) in [4.78, 5) is 0. The molecule has 16 heavy (non-hydrogen) atoms. The number of nitrogens with one attached hydrogen (secondary N) is 1. The van der Waals surface area contributed by atoms with Crippen LogP contribution in [0.1, 0.15) is 44.6 Å². The molecule has 0 bridgehead atoms. The third-order valence-corrected chi connectivity index (χ3v) is 4.55. The number of hydrogen-bond donors (Lipinski definition) is 1. The Bertz CT molecular complexity index is 275. The quantitative estimate of drug-likeness (QED) is 0.820. The highest BCUT2D eigenvalue weighted by Gasteiger charge is 2.19. The fraction of sp³-hybridized carbons (Fsp3) is 0.714. The summed E-state index contributed by atoms with van der Waals surface area (Å²) in [5, 5.41) is 8.12. The van der Waals surface area contributed by atoms with Gasteiger partial charge in [0.05, 0.1) is 0 Å². The Balaban J connectivity index is 1.65. The van der Waals surface area contributed by atoms with Gasteiger partial charge in [0.25, 0.3) is 0 Å². The van der Waals surface area contributed by atoms with Gasteiger partial charge < -0.3 is 5.32 Å². The summed E-state index contributed by atoms with van der Waals surface area (Å²) in [6.07, 6.45) is 8.40. The molecule has 2 heteroatoms. The van der Waals surface area contributed by atoms with E-state index in [0.717, 1.165) is 12.5 Å². The van der Waals surface area contributed by atoms with Crippen molar-refractivity contribution in [1.29, 1.82) is 0 Å². The molecule has 2 rings (SSSR count). The Kier molecular flexibility index (Phi) is 4.86. The first kappa shape index (κ1) is 12.1. The molecule has 0 saturated heterocycles. The van der Waals surface area contributed by atoms with Gasteiger partial charge in [-0.15, -0.1) is 0 Å². The summed E-state index contributed by atoms with van der Waals surface area (Å²) in [7, 11) is 0. The van der Waals surface area contributed by atoms with E-state index in [9.17, 15) is 0 Å². The highest BCUT2D eigenvalue weighted by Crippen LogP contribution is 2.26. The van der Waals surface area contributed by atoms with Crippen LogP contribution in [-0.2, 0) is 6.42 Å². The van der Waals surface area contributed by atoms with Crippen LogP contribution in [0.5, 0.6) is 0 Å². The third kappa shape index (κ3) is 3.60. The number of rotatable bonds is 5. The van der Waals surface area contributed by atoms with Crippen molar-refractivity contribution in [2.45, 2.75) is 51.5 Å². The van der Waals surface area contributed by atoms with Gasteiger partial charge in [0.2, 0.25) is 0 Å². The summed E-state index contributed by atoms with van der Waals surface area (Å²) in [6, 6.07) is 2.94. The van der Waals surface area contributed by atoms with Gasteiger partial charge in [0.15, 0.2) is 0 Å². The van der Waals surface area contributed by atoms with E-state index in [2.05, 4.69) is 29.1 Å². The highest BCUT2D eigenvalue weighted by molar-refractivity contribution is 7.07. The predicted octanol–water partition coefficient (Wildman–Crippen LogP) is 3.85. The van der Waals surface area contributed by atoms with Gasteiger partial charge in [-0.05, 0) is 61.0 Å². The lowest BCUT2D eigenvalue weighted by atomic mass is 9.84. The molecule has 0 radical (unpaired) electrons. The Labute approximate surface area is 103 Å². The van der Waals surface area contributed by atoms with Crippen LogP contribution in [0, 0.1) is 5.92 Å².